The number of likely N-dealkylation sites (tertiary alicyclic amines) is 1. The lowest BCUT2D eigenvalue weighted by Gasteiger charge is -2.22. The third-order valence-electron chi connectivity index (χ3n) is 3.57. The summed E-state index contributed by atoms with van der Waals surface area (Å²) in [5.74, 6) is -0.762. The van der Waals surface area contributed by atoms with Gasteiger partial charge in [-0.05, 0) is 19.4 Å². The van der Waals surface area contributed by atoms with Gasteiger partial charge in [0.1, 0.15) is 11.9 Å². The molecule has 0 bridgehead atoms. The van der Waals surface area contributed by atoms with Crippen molar-refractivity contribution in [2.75, 3.05) is 19.6 Å². The molecule has 0 saturated carbocycles. The van der Waals surface area contributed by atoms with Crippen molar-refractivity contribution in [3.63, 3.8) is 0 Å². The van der Waals surface area contributed by atoms with Crippen LogP contribution in [0.25, 0.3) is 0 Å². The number of aromatic nitrogens is 2. The molecule has 21 heavy (non-hydrogen) atoms. The van der Waals surface area contributed by atoms with Crippen LogP contribution in [0.1, 0.15) is 22.6 Å². The number of alkyl halides is 1. The molecule has 0 spiro atoms. The molecule has 2 amide bonds. The Bertz CT molecular complexity index is 545. The first-order valence-electron chi connectivity index (χ1n) is 6.82. The van der Waals surface area contributed by atoms with Crippen molar-refractivity contribution in [3.8, 4) is 0 Å². The Morgan fingerprint density at radius 1 is 1.57 bits per heavy atom. The predicted molar refractivity (Wildman–Crippen MR) is 74.3 cm³/mol. The van der Waals surface area contributed by atoms with Crippen molar-refractivity contribution in [2.45, 2.75) is 25.6 Å². The van der Waals surface area contributed by atoms with Crippen molar-refractivity contribution in [1.29, 1.82) is 0 Å². The summed E-state index contributed by atoms with van der Waals surface area (Å²) in [7, 11) is 1.69. The van der Waals surface area contributed by atoms with Crippen molar-refractivity contribution in [1.82, 2.24) is 20.0 Å². The topological polar surface area (TPSA) is 93.3 Å². The second-order valence-corrected chi connectivity index (χ2v) is 5.39. The van der Waals surface area contributed by atoms with Crippen LogP contribution < -0.4 is 11.1 Å². The monoisotopic (exact) mass is 297 g/mol. The van der Waals surface area contributed by atoms with E-state index in [1.807, 2.05) is 0 Å². The molecule has 2 heterocycles. The number of primary amides is 1. The van der Waals surface area contributed by atoms with Crippen LogP contribution >= 0.6 is 0 Å². The second kappa shape index (κ2) is 6.21. The van der Waals surface area contributed by atoms with Gasteiger partial charge in [0.15, 0.2) is 0 Å². The molecular weight excluding hydrogens is 277 g/mol. The van der Waals surface area contributed by atoms with Crippen molar-refractivity contribution in [3.05, 3.63) is 17.5 Å². The number of hydrogen-bond donors (Lipinski definition) is 2. The van der Waals surface area contributed by atoms with Gasteiger partial charge in [0.25, 0.3) is 5.91 Å². The van der Waals surface area contributed by atoms with E-state index < -0.39 is 12.1 Å². The number of hydrogen-bond acceptors (Lipinski definition) is 4. The minimum Gasteiger partial charge on any atom is -0.369 e. The van der Waals surface area contributed by atoms with Gasteiger partial charge in [0.2, 0.25) is 5.91 Å². The normalized spacial score (nSPS) is 22.4. The molecule has 0 aliphatic carbocycles. The molecule has 1 fully saturated rings. The Morgan fingerprint density at radius 3 is 2.86 bits per heavy atom. The van der Waals surface area contributed by atoms with E-state index in [9.17, 15) is 14.0 Å². The summed E-state index contributed by atoms with van der Waals surface area (Å²) >= 11 is 0. The van der Waals surface area contributed by atoms with Crippen LogP contribution in [0.5, 0.6) is 0 Å². The van der Waals surface area contributed by atoms with Gasteiger partial charge in [-0.2, -0.15) is 5.10 Å². The number of aryl methyl sites for hydroxylation is 2. The fraction of sp³-hybridized carbons (Fsp3) is 0.615. The number of rotatable bonds is 5. The number of nitrogens with zero attached hydrogens (tertiary/aromatic N) is 3. The van der Waals surface area contributed by atoms with Gasteiger partial charge in [-0.3, -0.25) is 19.2 Å². The first-order valence-corrected chi connectivity index (χ1v) is 6.82. The van der Waals surface area contributed by atoms with E-state index in [-0.39, 0.29) is 38.0 Å². The maximum atomic E-state index is 13.5. The van der Waals surface area contributed by atoms with Crippen molar-refractivity contribution in [2.24, 2.45) is 12.8 Å². The van der Waals surface area contributed by atoms with E-state index in [0.717, 1.165) is 5.69 Å². The van der Waals surface area contributed by atoms with Crippen LogP contribution in [-0.2, 0) is 11.8 Å². The average Bonchev–Trinajstić information content (AvgIpc) is 2.88. The molecule has 3 N–H and O–H groups in total. The lowest BCUT2D eigenvalue weighted by Crippen LogP contribution is -2.43. The van der Waals surface area contributed by atoms with E-state index in [1.165, 1.54) is 4.68 Å². The maximum Gasteiger partial charge on any atom is 0.269 e. The highest BCUT2D eigenvalue weighted by molar-refractivity contribution is 5.92. The van der Waals surface area contributed by atoms with E-state index in [1.54, 1.807) is 24.9 Å². The van der Waals surface area contributed by atoms with Crippen molar-refractivity contribution >= 4 is 11.8 Å². The largest absolute Gasteiger partial charge is 0.369 e. The minimum atomic E-state index is -0.995. The number of nitrogens with two attached hydrogens (primary N) is 1. The van der Waals surface area contributed by atoms with Gasteiger partial charge in [-0.25, -0.2) is 4.39 Å². The Labute approximate surface area is 122 Å². The quantitative estimate of drug-likeness (QED) is 0.756. The lowest BCUT2D eigenvalue weighted by atomic mass is 10.2. The third-order valence-corrected chi connectivity index (χ3v) is 3.57. The molecule has 0 aromatic carbocycles. The summed E-state index contributed by atoms with van der Waals surface area (Å²) in [4.78, 5) is 24.7. The zero-order valence-electron chi connectivity index (χ0n) is 12.2. The Morgan fingerprint density at radius 2 is 2.29 bits per heavy atom. The molecule has 2 atom stereocenters. The molecule has 0 unspecified atom stereocenters. The molecule has 1 aromatic rings. The highest BCUT2D eigenvalue weighted by atomic mass is 19.1. The fourth-order valence-electron chi connectivity index (χ4n) is 2.65. The molecule has 2 rings (SSSR count). The summed E-state index contributed by atoms with van der Waals surface area (Å²) in [6.07, 6.45) is -0.706. The molecular formula is C13H20FN5O2. The number of carbonyl (C=O) groups excluding carboxylic acids is 2. The number of carbonyl (C=O) groups is 2. The first-order chi connectivity index (χ1) is 9.86. The Kier molecular flexibility index (Phi) is 4.56. The summed E-state index contributed by atoms with van der Waals surface area (Å²) < 4.78 is 15.0. The summed E-state index contributed by atoms with van der Waals surface area (Å²) in [6, 6.07) is 1.47. The Balaban J connectivity index is 1.93. The molecule has 0 radical (unpaired) electrons. The molecule has 8 heteroatoms. The van der Waals surface area contributed by atoms with Gasteiger partial charge in [0.05, 0.1) is 12.2 Å². The van der Waals surface area contributed by atoms with Crippen LogP contribution in [0, 0.1) is 6.92 Å². The van der Waals surface area contributed by atoms with Crippen LogP contribution in [0.3, 0.4) is 0 Å². The van der Waals surface area contributed by atoms with Gasteiger partial charge in [-0.15, -0.1) is 0 Å². The van der Waals surface area contributed by atoms with E-state index >= 15 is 0 Å². The first kappa shape index (κ1) is 15.4. The fourth-order valence-corrected chi connectivity index (χ4v) is 2.65. The molecule has 1 aliphatic rings. The molecule has 1 aliphatic heterocycles. The van der Waals surface area contributed by atoms with E-state index in [2.05, 4.69) is 10.4 Å². The zero-order valence-corrected chi connectivity index (χ0v) is 12.2. The lowest BCUT2D eigenvalue weighted by molar-refractivity contribution is -0.119. The van der Waals surface area contributed by atoms with Crippen LogP contribution in [0.4, 0.5) is 4.39 Å². The number of amides is 2. The zero-order chi connectivity index (χ0) is 15.6. The summed E-state index contributed by atoms with van der Waals surface area (Å²) in [5, 5.41) is 6.86. The second-order valence-electron chi connectivity index (χ2n) is 5.39. The maximum absolute atomic E-state index is 13.5. The van der Waals surface area contributed by atoms with Gasteiger partial charge < -0.3 is 11.1 Å². The smallest absolute Gasteiger partial charge is 0.269 e. The van der Waals surface area contributed by atoms with Gasteiger partial charge >= 0.3 is 0 Å². The third kappa shape index (κ3) is 3.78. The highest BCUT2D eigenvalue weighted by Crippen LogP contribution is 2.19. The summed E-state index contributed by atoms with van der Waals surface area (Å²) in [5.41, 5.74) is 6.35. The molecule has 1 aromatic heterocycles. The standard InChI is InChI=1S/C13H20FN5O2/c1-8-3-11(18(2)17-8)13(21)16-5-10-4-9(14)6-19(10)7-12(15)20/h3,9-10H,4-7H2,1-2H3,(H2,15,20)(H,16,21)/t9-,10-/m0/s1. The highest BCUT2D eigenvalue weighted by Gasteiger charge is 2.33. The SMILES string of the molecule is Cc1cc(C(=O)NC[C@@H]2C[C@H](F)CN2CC(N)=O)n(C)n1. The molecule has 1 saturated heterocycles. The summed E-state index contributed by atoms with van der Waals surface area (Å²) in [6.45, 7) is 2.26. The van der Waals surface area contributed by atoms with Gasteiger partial charge in [-0.1, -0.05) is 0 Å². The molecule has 116 valence electrons. The van der Waals surface area contributed by atoms with E-state index in [4.69, 9.17) is 5.73 Å². The minimum absolute atomic E-state index is 0.00573. The van der Waals surface area contributed by atoms with Crippen molar-refractivity contribution < 1.29 is 14.0 Å². The van der Waals surface area contributed by atoms with Crippen LogP contribution in [-0.4, -0.2) is 58.3 Å². The Hall–Kier alpha value is -1.96. The average molecular weight is 297 g/mol. The van der Waals surface area contributed by atoms with Crippen LogP contribution in [0.2, 0.25) is 0 Å². The number of nitrogens with one attached hydrogen (secondary N) is 1. The number of halogens is 1. The van der Waals surface area contributed by atoms with Crippen LogP contribution in [0.15, 0.2) is 6.07 Å². The molecule has 7 nitrogen and oxygen atoms in total. The predicted octanol–water partition coefficient (Wildman–Crippen LogP) is -0.644. The van der Waals surface area contributed by atoms with Gasteiger partial charge in [0, 0.05) is 26.2 Å². The van der Waals surface area contributed by atoms with E-state index in [0.29, 0.717) is 5.69 Å².